The van der Waals surface area contributed by atoms with E-state index in [-0.39, 0.29) is 17.7 Å². The molecule has 36 heavy (non-hydrogen) atoms. The van der Waals surface area contributed by atoms with Gasteiger partial charge in [-0.15, -0.1) is 23.5 Å². The number of anilines is 1. The van der Waals surface area contributed by atoms with Gasteiger partial charge < -0.3 is 15.1 Å². The SMILES string of the molecule is O=Cc1ccc(C(=O)N2CCC[C@H]2C(=O)N2CCCC2C(=O)Nc2ccc(C3SCCS3)cc2)cc1. The molecule has 1 unspecified atom stereocenters. The van der Waals surface area contributed by atoms with Gasteiger partial charge in [-0.25, -0.2) is 0 Å². The number of benzene rings is 2. The van der Waals surface area contributed by atoms with Crippen LogP contribution in [0, 0.1) is 0 Å². The van der Waals surface area contributed by atoms with Crippen molar-refractivity contribution in [2.45, 2.75) is 42.3 Å². The quantitative estimate of drug-likeness (QED) is 0.571. The van der Waals surface area contributed by atoms with Crippen LogP contribution in [0.5, 0.6) is 0 Å². The molecule has 1 N–H and O–H groups in total. The third-order valence-corrected chi connectivity index (χ3v) is 10.1. The number of thioether (sulfide) groups is 2. The lowest BCUT2D eigenvalue weighted by Gasteiger charge is -2.31. The average molecular weight is 524 g/mol. The molecule has 3 aliphatic rings. The molecule has 3 aliphatic heterocycles. The summed E-state index contributed by atoms with van der Waals surface area (Å²) in [6.07, 6.45) is 3.42. The molecule has 2 aromatic rings. The van der Waals surface area contributed by atoms with Crippen LogP contribution in [0.4, 0.5) is 5.69 Å². The van der Waals surface area contributed by atoms with Crippen LogP contribution in [0.1, 0.15) is 56.5 Å². The number of carbonyl (C=O) groups excluding carboxylic acids is 4. The molecule has 7 nitrogen and oxygen atoms in total. The third-order valence-electron chi connectivity index (χ3n) is 7.00. The molecule has 3 saturated heterocycles. The van der Waals surface area contributed by atoms with Crippen LogP contribution < -0.4 is 5.32 Å². The molecule has 5 rings (SSSR count). The molecule has 2 atom stereocenters. The molecule has 0 saturated carbocycles. The summed E-state index contributed by atoms with van der Waals surface area (Å²) in [5, 5.41) is 2.99. The zero-order chi connectivity index (χ0) is 25.1. The Morgan fingerprint density at radius 3 is 2.14 bits per heavy atom. The largest absolute Gasteiger partial charge is 0.329 e. The van der Waals surface area contributed by atoms with Crippen molar-refractivity contribution < 1.29 is 19.2 Å². The highest BCUT2D eigenvalue weighted by Gasteiger charge is 2.42. The minimum Gasteiger partial charge on any atom is -0.329 e. The molecular formula is C27H29N3O4S2. The number of amides is 3. The fourth-order valence-corrected chi connectivity index (χ4v) is 7.99. The monoisotopic (exact) mass is 523 g/mol. The van der Waals surface area contributed by atoms with Crippen LogP contribution in [-0.4, -0.2) is 70.5 Å². The van der Waals surface area contributed by atoms with Gasteiger partial charge in [0.25, 0.3) is 5.91 Å². The molecule has 0 radical (unpaired) electrons. The van der Waals surface area contributed by atoms with Crippen molar-refractivity contribution in [3.8, 4) is 0 Å². The van der Waals surface area contributed by atoms with Crippen LogP contribution in [0.25, 0.3) is 0 Å². The number of likely N-dealkylation sites (tertiary alicyclic amines) is 2. The van der Waals surface area contributed by atoms with Crippen molar-refractivity contribution in [2.75, 3.05) is 29.9 Å². The van der Waals surface area contributed by atoms with Crippen molar-refractivity contribution in [3.05, 3.63) is 65.2 Å². The second kappa shape index (κ2) is 11.1. The maximum atomic E-state index is 13.6. The van der Waals surface area contributed by atoms with E-state index < -0.39 is 12.1 Å². The highest BCUT2D eigenvalue weighted by molar-refractivity contribution is 8.19. The minimum atomic E-state index is -0.572. The molecule has 9 heteroatoms. The first-order valence-electron chi connectivity index (χ1n) is 12.4. The summed E-state index contributed by atoms with van der Waals surface area (Å²) in [6.45, 7) is 1.01. The van der Waals surface area contributed by atoms with Crippen molar-refractivity contribution in [1.82, 2.24) is 9.80 Å². The summed E-state index contributed by atoms with van der Waals surface area (Å²) < 4.78 is 0.456. The maximum Gasteiger partial charge on any atom is 0.254 e. The Morgan fingerprint density at radius 1 is 0.833 bits per heavy atom. The van der Waals surface area contributed by atoms with E-state index >= 15 is 0 Å². The Morgan fingerprint density at radius 2 is 1.47 bits per heavy atom. The molecule has 0 aliphatic carbocycles. The highest BCUT2D eigenvalue weighted by atomic mass is 32.2. The van der Waals surface area contributed by atoms with Gasteiger partial charge in [-0.05, 0) is 55.5 Å². The van der Waals surface area contributed by atoms with Gasteiger partial charge in [0.1, 0.15) is 18.4 Å². The van der Waals surface area contributed by atoms with E-state index in [1.54, 1.807) is 34.1 Å². The number of carbonyl (C=O) groups is 4. The Hall–Kier alpha value is -2.78. The Bertz CT molecular complexity index is 1130. The molecular weight excluding hydrogens is 494 g/mol. The van der Waals surface area contributed by atoms with E-state index in [4.69, 9.17) is 0 Å². The van der Waals surface area contributed by atoms with Crippen LogP contribution in [0.3, 0.4) is 0 Å². The number of nitrogens with zero attached hydrogens (tertiary/aromatic N) is 2. The van der Waals surface area contributed by atoms with E-state index in [2.05, 4.69) is 17.4 Å². The first-order chi connectivity index (χ1) is 17.5. The summed E-state index contributed by atoms with van der Waals surface area (Å²) in [4.78, 5) is 54.0. The zero-order valence-corrected chi connectivity index (χ0v) is 21.6. The summed E-state index contributed by atoms with van der Waals surface area (Å²) in [6, 6.07) is 13.3. The van der Waals surface area contributed by atoms with Gasteiger partial charge in [-0.3, -0.25) is 19.2 Å². The number of hydrogen-bond acceptors (Lipinski definition) is 6. The number of rotatable bonds is 6. The summed E-state index contributed by atoms with van der Waals surface area (Å²) in [5.41, 5.74) is 2.93. The van der Waals surface area contributed by atoms with E-state index in [0.29, 0.717) is 41.6 Å². The van der Waals surface area contributed by atoms with E-state index in [1.165, 1.54) is 5.56 Å². The van der Waals surface area contributed by atoms with Gasteiger partial charge in [0.15, 0.2) is 0 Å². The molecule has 0 aromatic heterocycles. The average Bonchev–Trinajstić information content (AvgIpc) is 3.70. The second-order valence-electron chi connectivity index (χ2n) is 9.27. The molecule has 3 amide bonds. The lowest BCUT2D eigenvalue weighted by atomic mass is 10.1. The van der Waals surface area contributed by atoms with Crippen LogP contribution in [0.15, 0.2) is 48.5 Å². The number of hydrogen-bond donors (Lipinski definition) is 1. The summed E-state index contributed by atoms with van der Waals surface area (Å²) in [5.74, 6) is 1.76. The van der Waals surface area contributed by atoms with Crippen molar-refractivity contribution in [3.63, 3.8) is 0 Å². The van der Waals surface area contributed by atoms with Crippen molar-refractivity contribution in [2.24, 2.45) is 0 Å². The normalized spacial score (nSPS) is 22.1. The van der Waals surface area contributed by atoms with Crippen LogP contribution >= 0.6 is 23.5 Å². The van der Waals surface area contributed by atoms with Crippen LogP contribution in [0.2, 0.25) is 0 Å². The van der Waals surface area contributed by atoms with Crippen LogP contribution in [-0.2, 0) is 9.59 Å². The smallest absolute Gasteiger partial charge is 0.254 e. The summed E-state index contributed by atoms with van der Waals surface area (Å²) >= 11 is 3.89. The second-order valence-corrected chi connectivity index (χ2v) is 12.0. The highest BCUT2D eigenvalue weighted by Crippen LogP contribution is 2.45. The van der Waals surface area contributed by atoms with Gasteiger partial charge in [-0.2, -0.15) is 0 Å². The summed E-state index contributed by atoms with van der Waals surface area (Å²) in [7, 11) is 0. The van der Waals surface area contributed by atoms with Gasteiger partial charge >= 0.3 is 0 Å². The number of nitrogens with one attached hydrogen (secondary N) is 1. The molecule has 2 aromatic carbocycles. The van der Waals surface area contributed by atoms with E-state index in [9.17, 15) is 19.2 Å². The maximum absolute atomic E-state index is 13.6. The third kappa shape index (κ3) is 5.18. The molecule has 3 heterocycles. The van der Waals surface area contributed by atoms with Gasteiger partial charge in [0.05, 0.1) is 4.58 Å². The van der Waals surface area contributed by atoms with E-state index in [0.717, 1.165) is 36.3 Å². The fourth-order valence-electron chi connectivity index (χ4n) is 5.13. The van der Waals surface area contributed by atoms with Gasteiger partial charge in [0.2, 0.25) is 11.8 Å². The minimum absolute atomic E-state index is 0.159. The van der Waals surface area contributed by atoms with Crippen molar-refractivity contribution in [1.29, 1.82) is 0 Å². The molecule has 3 fully saturated rings. The van der Waals surface area contributed by atoms with Gasteiger partial charge in [-0.1, -0.05) is 24.3 Å². The van der Waals surface area contributed by atoms with Gasteiger partial charge in [0, 0.05) is 41.4 Å². The molecule has 0 spiro atoms. The first kappa shape index (κ1) is 24.9. The predicted molar refractivity (Wildman–Crippen MR) is 143 cm³/mol. The topological polar surface area (TPSA) is 86.8 Å². The van der Waals surface area contributed by atoms with E-state index in [1.807, 2.05) is 35.7 Å². The lowest BCUT2D eigenvalue weighted by molar-refractivity contribution is -0.139. The molecule has 0 bridgehead atoms. The first-order valence-corrected chi connectivity index (χ1v) is 14.5. The standard InChI is InChI=1S/C27H29N3O4S2/c31-17-18-5-7-19(8-6-18)25(33)30-14-2-4-23(30)26(34)29-13-1-3-22(29)24(32)28-21-11-9-20(10-12-21)27-35-15-16-36-27/h5-12,17,22-23,27H,1-4,13-16H2,(H,28,32)/t22?,23-/m0/s1. The Labute approximate surface area is 219 Å². The zero-order valence-electron chi connectivity index (χ0n) is 19.9. The fraction of sp³-hybridized carbons (Fsp3) is 0.407. The molecule has 188 valence electrons. The Balaban J connectivity index is 1.24. The predicted octanol–water partition coefficient (Wildman–Crippen LogP) is 4.21. The van der Waals surface area contributed by atoms with Crippen molar-refractivity contribution >= 4 is 53.2 Å². The lowest BCUT2D eigenvalue weighted by Crippen LogP contribution is -2.51. The Kier molecular flexibility index (Phi) is 7.67. The number of aldehydes is 1.